The summed E-state index contributed by atoms with van der Waals surface area (Å²) < 4.78 is 14.7. The van der Waals surface area contributed by atoms with Crippen LogP contribution in [0.3, 0.4) is 0 Å². The third-order valence-electron chi connectivity index (χ3n) is 5.73. The van der Waals surface area contributed by atoms with E-state index >= 15 is 0 Å². The van der Waals surface area contributed by atoms with E-state index in [1.54, 1.807) is 12.1 Å². The zero-order chi connectivity index (χ0) is 19.8. The number of hydrogen-bond acceptors (Lipinski definition) is 1. The summed E-state index contributed by atoms with van der Waals surface area (Å²) in [6, 6.07) is 29.0. The third kappa shape index (κ3) is 3.09. The number of nitrogens with zero attached hydrogens (tertiary/aromatic N) is 1. The summed E-state index contributed by atoms with van der Waals surface area (Å²) in [4.78, 5) is 15.0. The van der Waals surface area contributed by atoms with E-state index in [4.69, 9.17) is 0 Å². The first-order valence-corrected chi connectivity index (χ1v) is 9.83. The maximum Gasteiger partial charge on any atom is 0.228 e. The number of carbonyl (C=O) groups is 1. The first-order valence-electron chi connectivity index (χ1n) is 9.83. The first kappa shape index (κ1) is 17.6. The Balaban J connectivity index is 1.71. The van der Waals surface area contributed by atoms with E-state index in [9.17, 15) is 9.18 Å². The summed E-state index contributed by atoms with van der Waals surface area (Å²) >= 11 is 0. The van der Waals surface area contributed by atoms with Crippen LogP contribution in [0.15, 0.2) is 91.0 Å². The summed E-state index contributed by atoms with van der Waals surface area (Å²) in [5, 5.41) is 2.17. The van der Waals surface area contributed by atoms with Gasteiger partial charge in [0, 0.05) is 18.0 Å². The molecule has 4 aromatic carbocycles. The lowest BCUT2D eigenvalue weighted by Crippen LogP contribution is -2.36. The monoisotopic (exact) mass is 381 g/mol. The van der Waals surface area contributed by atoms with Gasteiger partial charge in [-0.05, 0) is 39.6 Å². The standard InChI is InChI=1S/C26H20FNO/c27-23-13-7-6-12-21(23)22-16-25(29)28(17-18-8-2-1-3-9-18)24-15-14-19-10-4-5-11-20(19)26(22)24/h1-15,22H,16-17H2. The summed E-state index contributed by atoms with van der Waals surface area (Å²) in [5.74, 6) is -0.539. The predicted octanol–water partition coefficient (Wildman–Crippen LogP) is 6.05. The van der Waals surface area contributed by atoms with E-state index in [0.717, 1.165) is 27.6 Å². The summed E-state index contributed by atoms with van der Waals surface area (Å²) in [5.41, 5.74) is 3.56. The molecule has 4 aromatic rings. The molecular formula is C26H20FNO. The van der Waals surface area contributed by atoms with Gasteiger partial charge in [-0.25, -0.2) is 4.39 Å². The number of fused-ring (bicyclic) bond motifs is 3. The van der Waals surface area contributed by atoms with Crippen LogP contribution in [0.4, 0.5) is 10.1 Å². The van der Waals surface area contributed by atoms with Crippen molar-refractivity contribution in [3.05, 3.63) is 114 Å². The van der Waals surface area contributed by atoms with Crippen molar-refractivity contribution in [3.63, 3.8) is 0 Å². The lowest BCUT2D eigenvalue weighted by atomic mass is 9.81. The van der Waals surface area contributed by atoms with Crippen LogP contribution in [0.5, 0.6) is 0 Å². The van der Waals surface area contributed by atoms with Crippen molar-refractivity contribution in [3.8, 4) is 0 Å². The fourth-order valence-electron chi connectivity index (χ4n) is 4.37. The molecule has 1 aliphatic rings. The highest BCUT2D eigenvalue weighted by atomic mass is 19.1. The molecule has 0 saturated heterocycles. The van der Waals surface area contributed by atoms with Gasteiger partial charge in [-0.1, -0.05) is 78.9 Å². The zero-order valence-corrected chi connectivity index (χ0v) is 15.9. The van der Waals surface area contributed by atoms with Gasteiger partial charge in [0.25, 0.3) is 0 Å². The summed E-state index contributed by atoms with van der Waals surface area (Å²) in [7, 11) is 0. The van der Waals surface area contributed by atoms with Crippen LogP contribution in [0.1, 0.15) is 29.0 Å². The van der Waals surface area contributed by atoms with Crippen LogP contribution >= 0.6 is 0 Å². The Hall–Kier alpha value is -3.46. The van der Waals surface area contributed by atoms with Crippen molar-refractivity contribution in [1.82, 2.24) is 0 Å². The van der Waals surface area contributed by atoms with E-state index in [2.05, 4.69) is 12.1 Å². The molecule has 0 N–H and O–H groups in total. The van der Waals surface area contributed by atoms with Crippen LogP contribution in [-0.4, -0.2) is 5.91 Å². The second kappa shape index (κ2) is 7.17. The molecule has 0 bridgehead atoms. The molecule has 0 spiro atoms. The second-order valence-electron chi connectivity index (χ2n) is 7.46. The Morgan fingerprint density at radius 2 is 1.55 bits per heavy atom. The maximum atomic E-state index is 14.7. The van der Waals surface area contributed by atoms with Crippen LogP contribution in [0.2, 0.25) is 0 Å². The van der Waals surface area contributed by atoms with Gasteiger partial charge >= 0.3 is 0 Å². The van der Waals surface area contributed by atoms with Gasteiger partial charge in [0.2, 0.25) is 5.91 Å². The molecule has 0 fully saturated rings. The van der Waals surface area contributed by atoms with Crippen LogP contribution in [-0.2, 0) is 11.3 Å². The molecule has 5 rings (SSSR count). The number of hydrogen-bond donors (Lipinski definition) is 0. The number of amides is 1. The topological polar surface area (TPSA) is 20.3 Å². The van der Waals surface area contributed by atoms with Gasteiger partial charge in [0.1, 0.15) is 5.82 Å². The van der Waals surface area contributed by atoms with E-state index in [1.165, 1.54) is 6.07 Å². The highest BCUT2D eigenvalue weighted by Gasteiger charge is 2.34. The van der Waals surface area contributed by atoms with Crippen molar-refractivity contribution in [2.75, 3.05) is 4.90 Å². The largest absolute Gasteiger partial charge is 0.308 e. The Morgan fingerprint density at radius 3 is 2.38 bits per heavy atom. The van der Waals surface area contributed by atoms with Crippen molar-refractivity contribution in [2.45, 2.75) is 18.9 Å². The number of anilines is 1. The molecule has 1 aliphatic heterocycles. The molecule has 0 saturated carbocycles. The molecule has 0 aliphatic carbocycles. The van der Waals surface area contributed by atoms with Crippen LogP contribution in [0, 0.1) is 5.82 Å². The average molecular weight is 381 g/mol. The second-order valence-corrected chi connectivity index (χ2v) is 7.46. The summed E-state index contributed by atoms with van der Waals surface area (Å²) in [6.45, 7) is 0.509. The number of halogens is 1. The van der Waals surface area contributed by atoms with Crippen molar-refractivity contribution < 1.29 is 9.18 Å². The quantitative estimate of drug-likeness (QED) is 0.423. The fourth-order valence-corrected chi connectivity index (χ4v) is 4.37. The van der Waals surface area contributed by atoms with Gasteiger partial charge in [-0.15, -0.1) is 0 Å². The Kier molecular flexibility index (Phi) is 4.36. The third-order valence-corrected chi connectivity index (χ3v) is 5.73. The van der Waals surface area contributed by atoms with Gasteiger partial charge in [0.05, 0.1) is 6.54 Å². The van der Waals surface area contributed by atoms with E-state index in [1.807, 2.05) is 65.6 Å². The fraction of sp³-hybridized carbons (Fsp3) is 0.115. The molecule has 1 unspecified atom stereocenters. The molecular weight excluding hydrogens is 361 g/mol. The van der Waals surface area contributed by atoms with Gasteiger partial charge in [-0.3, -0.25) is 4.79 Å². The Morgan fingerprint density at radius 1 is 0.828 bits per heavy atom. The predicted molar refractivity (Wildman–Crippen MR) is 114 cm³/mol. The lowest BCUT2D eigenvalue weighted by molar-refractivity contribution is -0.119. The van der Waals surface area contributed by atoms with E-state index in [0.29, 0.717) is 12.1 Å². The normalized spacial score (nSPS) is 16.1. The molecule has 1 heterocycles. The molecule has 2 nitrogen and oxygen atoms in total. The maximum absolute atomic E-state index is 14.7. The number of rotatable bonds is 3. The lowest BCUT2D eigenvalue weighted by Gasteiger charge is -2.35. The number of carbonyl (C=O) groups excluding carboxylic acids is 1. The highest BCUT2D eigenvalue weighted by Crippen LogP contribution is 2.45. The van der Waals surface area contributed by atoms with Crippen molar-refractivity contribution in [2.24, 2.45) is 0 Å². The molecule has 1 atom stereocenters. The SMILES string of the molecule is O=C1CC(c2ccccc2F)c2c(ccc3ccccc23)N1Cc1ccccc1. The highest BCUT2D eigenvalue weighted by molar-refractivity contribution is 6.03. The smallest absolute Gasteiger partial charge is 0.228 e. The molecule has 3 heteroatoms. The molecule has 1 amide bonds. The van der Waals surface area contributed by atoms with Crippen LogP contribution < -0.4 is 4.90 Å². The van der Waals surface area contributed by atoms with Crippen molar-refractivity contribution >= 4 is 22.4 Å². The minimum absolute atomic E-state index is 0.0184. The van der Waals surface area contributed by atoms with Gasteiger partial charge in [0.15, 0.2) is 0 Å². The number of benzene rings is 4. The minimum atomic E-state index is -0.295. The first-order chi connectivity index (χ1) is 14.2. The molecule has 0 radical (unpaired) electrons. The molecule has 142 valence electrons. The zero-order valence-electron chi connectivity index (χ0n) is 15.9. The Labute approximate surface area is 169 Å². The van der Waals surface area contributed by atoms with E-state index in [-0.39, 0.29) is 24.1 Å². The van der Waals surface area contributed by atoms with Crippen molar-refractivity contribution in [1.29, 1.82) is 0 Å². The minimum Gasteiger partial charge on any atom is -0.308 e. The van der Waals surface area contributed by atoms with Crippen LogP contribution in [0.25, 0.3) is 10.8 Å². The average Bonchev–Trinajstić information content (AvgIpc) is 2.76. The molecule has 29 heavy (non-hydrogen) atoms. The summed E-state index contributed by atoms with van der Waals surface area (Å²) in [6.07, 6.45) is 0.259. The molecule has 0 aromatic heterocycles. The van der Waals surface area contributed by atoms with E-state index < -0.39 is 0 Å². The van der Waals surface area contributed by atoms with Gasteiger partial charge < -0.3 is 4.90 Å². The Bertz CT molecular complexity index is 1200. The van der Waals surface area contributed by atoms with Gasteiger partial charge in [-0.2, -0.15) is 0 Å².